The lowest BCUT2D eigenvalue weighted by Crippen LogP contribution is -2.42. The lowest BCUT2D eigenvalue weighted by molar-refractivity contribution is 0.0364. The van der Waals surface area contributed by atoms with Gasteiger partial charge in [0, 0.05) is 21.3 Å². The van der Waals surface area contributed by atoms with Gasteiger partial charge in [-0.15, -0.1) is 0 Å². The smallest absolute Gasteiger partial charge is 0.200 e. The zero-order valence-electron chi connectivity index (χ0n) is 13.8. The number of carbonyl (C=O) groups excluding carboxylic acids is 1. The molecule has 0 fully saturated rings. The topological polar surface area (TPSA) is 49.3 Å². The van der Waals surface area contributed by atoms with Gasteiger partial charge in [0.1, 0.15) is 0 Å². The van der Waals surface area contributed by atoms with E-state index in [1.807, 2.05) is 30.3 Å². The normalized spacial score (nSPS) is 13.0. The zero-order chi connectivity index (χ0) is 18.6. The van der Waals surface area contributed by atoms with E-state index in [4.69, 9.17) is 23.2 Å². The molecule has 26 heavy (non-hydrogen) atoms. The summed E-state index contributed by atoms with van der Waals surface area (Å²) < 4.78 is 0. The van der Waals surface area contributed by atoms with E-state index in [-0.39, 0.29) is 6.54 Å². The summed E-state index contributed by atoms with van der Waals surface area (Å²) >= 11 is 11.9. The van der Waals surface area contributed by atoms with E-state index in [0.29, 0.717) is 21.2 Å². The average Bonchev–Trinajstić information content (AvgIpc) is 2.67. The second-order valence-corrected chi connectivity index (χ2v) is 6.80. The molecule has 0 spiro atoms. The van der Waals surface area contributed by atoms with Crippen LogP contribution in [0.25, 0.3) is 0 Å². The summed E-state index contributed by atoms with van der Waals surface area (Å²) in [5.41, 5.74) is -0.107. The summed E-state index contributed by atoms with van der Waals surface area (Å²) in [6, 6.07) is 22.5. The molecule has 0 saturated carbocycles. The van der Waals surface area contributed by atoms with Crippen molar-refractivity contribution in [2.45, 2.75) is 5.60 Å². The lowest BCUT2D eigenvalue weighted by Gasteiger charge is -2.28. The van der Waals surface area contributed by atoms with Crippen molar-refractivity contribution in [3.63, 3.8) is 0 Å². The maximum Gasteiger partial charge on any atom is 0.200 e. The Morgan fingerprint density at radius 1 is 0.846 bits per heavy atom. The molecule has 0 aliphatic rings. The molecule has 0 aliphatic heterocycles. The van der Waals surface area contributed by atoms with Gasteiger partial charge in [-0.2, -0.15) is 0 Å². The lowest BCUT2D eigenvalue weighted by atomic mass is 9.85. The van der Waals surface area contributed by atoms with Gasteiger partial charge in [0.2, 0.25) is 5.78 Å². The van der Waals surface area contributed by atoms with Crippen LogP contribution in [0.3, 0.4) is 0 Å². The number of nitrogens with one attached hydrogen (secondary N) is 1. The standard InChI is InChI=1S/C21H17Cl2NO2/c22-17-10-6-15(7-11-17)20(25)21(26,16-8-12-18(23)13-9-16)14-24-19-4-2-1-3-5-19/h1-13,24,26H,14H2/t21-/m1/s1. The van der Waals surface area contributed by atoms with Gasteiger partial charge >= 0.3 is 0 Å². The van der Waals surface area contributed by atoms with E-state index in [2.05, 4.69) is 5.32 Å². The highest BCUT2D eigenvalue weighted by atomic mass is 35.5. The van der Waals surface area contributed by atoms with Crippen molar-refractivity contribution in [1.29, 1.82) is 0 Å². The highest BCUT2D eigenvalue weighted by Crippen LogP contribution is 2.28. The van der Waals surface area contributed by atoms with Crippen LogP contribution in [0.5, 0.6) is 0 Å². The van der Waals surface area contributed by atoms with Gasteiger partial charge in [-0.3, -0.25) is 4.79 Å². The van der Waals surface area contributed by atoms with Gasteiger partial charge in [-0.25, -0.2) is 0 Å². The Kier molecular flexibility index (Phi) is 5.62. The Balaban J connectivity index is 1.96. The number of rotatable bonds is 6. The fourth-order valence-electron chi connectivity index (χ4n) is 2.67. The van der Waals surface area contributed by atoms with Crippen molar-refractivity contribution >= 4 is 34.7 Å². The van der Waals surface area contributed by atoms with Crippen LogP contribution in [0, 0.1) is 0 Å². The minimum Gasteiger partial charge on any atom is -0.381 e. The number of para-hydroxylation sites is 1. The summed E-state index contributed by atoms with van der Waals surface area (Å²) in [5.74, 6) is -0.417. The van der Waals surface area contributed by atoms with Crippen molar-refractivity contribution < 1.29 is 9.90 Å². The SMILES string of the molecule is O=C(c1ccc(Cl)cc1)[C@@](O)(CNc1ccccc1)c1ccc(Cl)cc1. The Hall–Kier alpha value is -2.33. The van der Waals surface area contributed by atoms with Crippen molar-refractivity contribution in [3.8, 4) is 0 Å². The Morgan fingerprint density at radius 2 is 1.38 bits per heavy atom. The van der Waals surface area contributed by atoms with Crippen LogP contribution in [-0.2, 0) is 5.60 Å². The number of Topliss-reactive ketones (excluding diaryl/α,β-unsaturated/α-hetero) is 1. The molecule has 132 valence electrons. The van der Waals surface area contributed by atoms with Crippen molar-refractivity contribution in [2.24, 2.45) is 0 Å². The Morgan fingerprint density at radius 3 is 1.96 bits per heavy atom. The number of carbonyl (C=O) groups is 1. The van der Waals surface area contributed by atoms with Gasteiger partial charge in [-0.05, 0) is 54.1 Å². The number of halogens is 2. The molecule has 3 nitrogen and oxygen atoms in total. The first-order valence-corrected chi connectivity index (χ1v) is 8.82. The summed E-state index contributed by atoms with van der Waals surface area (Å²) in [6.07, 6.45) is 0. The molecule has 2 N–H and O–H groups in total. The first-order valence-electron chi connectivity index (χ1n) is 8.07. The number of aliphatic hydroxyl groups is 1. The predicted octanol–water partition coefficient (Wildman–Crippen LogP) is 5.18. The van der Waals surface area contributed by atoms with Crippen LogP contribution in [-0.4, -0.2) is 17.4 Å². The van der Waals surface area contributed by atoms with Crippen molar-refractivity contribution in [3.05, 3.63) is 100 Å². The predicted molar refractivity (Wildman–Crippen MR) is 106 cm³/mol. The molecule has 0 radical (unpaired) electrons. The molecule has 0 heterocycles. The minimum absolute atomic E-state index is 0.0140. The van der Waals surface area contributed by atoms with Crippen LogP contribution >= 0.6 is 23.2 Å². The Labute approximate surface area is 162 Å². The van der Waals surface area contributed by atoms with E-state index >= 15 is 0 Å². The van der Waals surface area contributed by atoms with E-state index in [9.17, 15) is 9.90 Å². The second kappa shape index (κ2) is 7.92. The molecule has 3 rings (SSSR count). The minimum atomic E-state index is -1.76. The third-order valence-corrected chi connectivity index (χ3v) is 4.63. The van der Waals surface area contributed by atoms with E-state index in [1.54, 1.807) is 48.5 Å². The highest BCUT2D eigenvalue weighted by molar-refractivity contribution is 6.31. The second-order valence-electron chi connectivity index (χ2n) is 5.92. The summed E-state index contributed by atoms with van der Waals surface area (Å²) in [5, 5.41) is 15.5. The van der Waals surface area contributed by atoms with Crippen LogP contribution in [0.1, 0.15) is 15.9 Å². The Bertz CT molecular complexity index is 880. The molecule has 0 bridgehead atoms. The summed E-state index contributed by atoms with van der Waals surface area (Å²) in [6.45, 7) is 0.0140. The number of hydrogen-bond acceptors (Lipinski definition) is 3. The number of hydrogen-bond donors (Lipinski definition) is 2. The molecule has 3 aromatic carbocycles. The molecule has 0 amide bonds. The molecule has 0 unspecified atom stereocenters. The van der Waals surface area contributed by atoms with Crippen molar-refractivity contribution in [2.75, 3.05) is 11.9 Å². The maximum atomic E-state index is 13.1. The number of benzene rings is 3. The fourth-order valence-corrected chi connectivity index (χ4v) is 2.92. The first-order chi connectivity index (χ1) is 12.5. The molecular formula is C21H17Cl2NO2. The number of anilines is 1. The summed E-state index contributed by atoms with van der Waals surface area (Å²) in [7, 11) is 0. The number of ketones is 1. The molecule has 0 saturated heterocycles. The van der Waals surface area contributed by atoms with Gasteiger partial charge < -0.3 is 10.4 Å². The third kappa shape index (κ3) is 4.07. The maximum absolute atomic E-state index is 13.1. The fraction of sp³-hybridized carbons (Fsp3) is 0.0952. The summed E-state index contributed by atoms with van der Waals surface area (Å²) in [4.78, 5) is 13.1. The monoisotopic (exact) mass is 385 g/mol. The van der Waals surface area contributed by atoms with Gasteiger partial charge in [0.25, 0.3) is 0 Å². The van der Waals surface area contributed by atoms with Crippen molar-refractivity contribution in [1.82, 2.24) is 0 Å². The molecule has 0 aliphatic carbocycles. The quantitative estimate of drug-likeness (QED) is 0.575. The van der Waals surface area contributed by atoms with Gasteiger partial charge in [-0.1, -0.05) is 53.5 Å². The molecular weight excluding hydrogens is 369 g/mol. The third-order valence-electron chi connectivity index (χ3n) is 4.13. The first kappa shape index (κ1) is 18.5. The van der Waals surface area contributed by atoms with Gasteiger partial charge in [0.05, 0.1) is 6.54 Å². The molecule has 3 aromatic rings. The van der Waals surface area contributed by atoms with Crippen LogP contribution in [0.4, 0.5) is 5.69 Å². The van der Waals surface area contributed by atoms with E-state index < -0.39 is 11.4 Å². The van der Waals surface area contributed by atoms with Crippen LogP contribution in [0.15, 0.2) is 78.9 Å². The van der Waals surface area contributed by atoms with E-state index in [0.717, 1.165) is 5.69 Å². The largest absolute Gasteiger partial charge is 0.381 e. The van der Waals surface area contributed by atoms with Crippen LogP contribution in [0.2, 0.25) is 10.0 Å². The van der Waals surface area contributed by atoms with E-state index in [1.165, 1.54) is 0 Å². The highest BCUT2D eigenvalue weighted by Gasteiger charge is 2.38. The van der Waals surface area contributed by atoms with Gasteiger partial charge in [0.15, 0.2) is 5.60 Å². The zero-order valence-corrected chi connectivity index (χ0v) is 15.3. The molecule has 0 aromatic heterocycles. The molecule has 5 heteroatoms. The van der Waals surface area contributed by atoms with Crippen LogP contribution < -0.4 is 5.32 Å². The molecule has 1 atom stereocenters. The average molecular weight is 386 g/mol.